The van der Waals surface area contributed by atoms with Crippen molar-refractivity contribution in [3.05, 3.63) is 48.0 Å². The van der Waals surface area contributed by atoms with Gasteiger partial charge in [-0.25, -0.2) is 9.59 Å². The maximum atomic E-state index is 13.3. The normalized spacial score (nSPS) is 31.8. The maximum absolute atomic E-state index is 13.3. The number of hydrogen-bond acceptors (Lipinski definition) is 7. The molecule has 0 N–H and O–H groups in total. The minimum Gasteiger partial charge on any atom is -0.467 e. The van der Waals surface area contributed by atoms with E-state index < -0.39 is 42.0 Å². The van der Waals surface area contributed by atoms with Gasteiger partial charge in [0.15, 0.2) is 12.1 Å². The van der Waals surface area contributed by atoms with Crippen LogP contribution in [0.25, 0.3) is 0 Å². The highest BCUT2D eigenvalue weighted by Gasteiger charge is 2.61. The third-order valence-corrected chi connectivity index (χ3v) is 6.48. The Labute approximate surface area is 187 Å². The lowest BCUT2D eigenvalue weighted by molar-refractivity contribution is -0.220. The van der Waals surface area contributed by atoms with Crippen LogP contribution in [-0.2, 0) is 35.1 Å². The zero-order chi connectivity index (χ0) is 22.7. The van der Waals surface area contributed by atoms with Gasteiger partial charge in [0.05, 0.1) is 13.2 Å². The number of nitrogens with zero attached hydrogens (tertiary/aromatic N) is 1. The minimum absolute atomic E-state index is 0.0501. The van der Waals surface area contributed by atoms with E-state index in [1.54, 1.807) is 13.0 Å². The van der Waals surface area contributed by atoms with Crippen molar-refractivity contribution < 1.29 is 33.3 Å². The number of carbonyl (C=O) groups is 3. The molecule has 2 fully saturated rings. The molecule has 2 saturated heterocycles. The number of ether oxygens (including phenoxy) is 4. The second-order valence-corrected chi connectivity index (χ2v) is 8.53. The van der Waals surface area contributed by atoms with E-state index >= 15 is 0 Å². The predicted octanol–water partition coefficient (Wildman–Crippen LogP) is 3.00. The average Bonchev–Trinajstić information content (AvgIpc) is 3.16. The fourth-order valence-electron chi connectivity index (χ4n) is 4.89. The molecule has 1 aromatic rings. The van der Waals surface area contributed by atoms with Gasteiger partial charge in [-0.1, -0.05) is 37.3 Å². The Balaban J connectivity index is 1.64. The summed E-state index contributed by atoms with van der Waals surface area (Å²) in [6.45, 7) is 2.38. The van der Waals surface area contributed by atoms with Gasteiger partial charge < -0.3 is 18.9 Å². The zero-order valence-corrected chi connectivity index (χ0v) is 18.4. The van der Waals surface area contributed by atoms with Crippen molar-refractivity contribution in [2.75, 3.05) is 13.7 Å². The van der Waals surface area contributed by atoms with E-state index in [0.29, 0.717) is 13.0 Å². The summed E-state index contributed by atoms with van der Waals surface area (Å²) in [5.41, 5.74) is -0.222. The molecule has 0 spiro atoms. The summed E-state index contributed by atoms with van der Waals surface area (Å²) in [6.07, 6.45) is 4.82. The van der Waals surface area contributed by atoms with E-state index in [1.807, 2.05) is 30.3 Å². The number of amides is 1. The molecule has 172 valence electrons. The number of hydrogen-bond donors (Lipinski definition) is 0. The first-order valence-corrected chi connectivity index (χ1v) is 11.0. The molecule has 1 aromatic carbocycles. The Bertz CT molecular complexity index is 880. The smallest absolute Gasteiger partial charge is 0.411 e. The maximum Gasteiger partial charge on any atom is 0.411 e. The van der Waals surface area contributed by atoms with Gasteiger partial charge in [-0.15, -0.1) is 0 Å². The Morgan fingerprint density at radius 3 is 2.69 bits per heavy atom. The van der Waals surface area contributed by atoms with Crippen molar-refractivity contribution in [2.24, 2.45) is 5.92 Å². The number of ketones is 1. The van der Waals surface area contributed by atoms with Gasteiger partial charge in [0.25, 0.3) is 0 Å². The molecule has 2 heterocycles. The van der Waals surface area contributed by atoms with E-state index in [4.69, 9.17) is 18.9 Å². The third kappa shape index (κ3) is 4.29. The van der Waals surface area contributed by atoms with Gasteiger partial charge in [0.1, 0.15) is 18.2 Å². The number of fused-ring (bicyclic) bond motifs is 1. The van der Waals surface area contributed by atoms with Crippen LogP contribution in [0.5, 0.6) is 0 Å². The van der Waals surface area contributed by atoms with Gasteiger partial charge in [0, 0.05) is 18.9 Å². The molecule has 32 heavy (non-hydrogen) atoms. The number of esters is 1. The predicted molar refractivity (Wildman–Crippen MR) is 113 cm³/mol. The lowest BCUT2D eigenvalue weighted by Crippen LogP contribution is -2.57. The van der Waals surface area contributed by atoms with E-state index in [0.717, 1.165) is 18.4 Å². The third-order valence-electron chi connectivity index (χ3n) is 6.48. The summed E-state index contributed by atoms with van der Waals surface area (Å²) >= 11 is 0. The van der Waals surface area contributed by atoms with Crippen LogP contribution in [-0.4, -0.2) is 60.4 Å². The lowest BCUT2D eigenvalue weighted by Gasteiger charge is -2.42. The summed E-state index contributed by atoms with van der Waals surface area (Å²) in [5.74, 6) is -1.29. The molecule has 0 bridgehead atoms. The van der Waals surface area contributed by atoms with Crippen LogP contribution in [0, 0.1) is 5.92 Å². The Hall–Kier alpha value is -2.71. The first kappa shape index (κ1) is 22.5. The number of allylic oxidation sites excluding steroid dienone is 1. The Morgan fingerprint density at radius 1 is 1.22 bits per heavy atom. The highest BCUT2D eigenvalue weighted by Crippen LogP contribution is 2.46. The zero-order valence-electron chi connectivity index (χ0n) is 18.4. The van der Waals surface area contributed by atoms with Gasteiger partial charge >= 0.3 is 12.1 Å². The van der Waals surface area contributed by atoms with Crippen LogP contribution < -0.4 is 0 Å². The van der Waals surface area contributed by atoms with E-state index in [1.165, 1.54) is 18.1 Å². The van der Waals surface area contributed by atoms with Crippen molar-refractivity contribution in [3.63, 3.8) is 0 Å². The molecule has 8 nitrogen and oxygen atoms in total. The highest BCUT2D eigenvalue weighted by atomic mass is 16.7. The topological polar surface area (TPSA) is 91.4 Å². The molecule has 0 aromatic heterocycles. The molecular weight excluding hydrogens is 414 g/mol. The first-order valence-electron chi connectivity index (χ1n) is 11.0. The number of likely N-dealkylation sites (tertiary alicyclic amines) is 1. The van der Waals surface area contributed by atoms with Crippen molar-refractivity contribution in [1.82, 2.24) is 4.90 Å². The molecule has 1 unspecified atom stereocenters. The van der Waals surface area contributed by atoms with Crippen molar-refractivity contribution in [3.8, 4) is 0 Å². The summed E-state index contributed by atoms with van der Waals surface area (Å²) in [5, 5.41) is 0. The van der Waals surface area contributed by atoms with Gasteiger partial charge in [-0.3, -0.25) is 9.69 Å². The Morgan fingerprint density at radius 2 is 2.00 bits per heavy atom. The average molecular weight is 443 g/mol. The van der Waals surface area contributed by atoms with Crippen molar-refractivity contribution >= 4 is 17.8 Å². The van der Waals surface area contributed by atoms with Crippen LogP contribution in [0.1, 0.15) is 38.2 Å². The fraction of sp³-hybridized carbons (Fsp3) is 0.542. The summed E-state index contributed by atoms with van der Waals surface area (Å²) in [4.78, 5) is 39.9. The molecular formula is C24H29NO7. The molecule has 8 heteroatoms. The van der Waals surface area contributed by atoms with E-state index in [-0.39, 0.29) is 18.8 Å². The molecule has 1 amide bonds. The minimum atomic E-state index is -1.04. The molecule has 2 aliphatic heterocycles. The lowest BCUT2D eigenvalue weighted by atomic mass is 9.78. The van der Waals surface area contributed by atoms with Crippen LogP contribution in [0.3, 0.4) is 0 Å². The van der Waals surface area contributed by atoms with Crippen LogP contribution >= 0.6 is 0 Å². The second-order valence-electron chi connectivity index (χ2n) is 8.53. The number of carbonyl (C=O) groups excluding carboxylic acids is 3. The Kier molecular flexibility index (Phi) is 6.62. The second kappa shape index (κ2) is 9.42. The van der Waals surface area contributed by atoms with Crippen molar-refractivity contribution in [2.45, 2.75) is 63.2 Å². The molecule has 5 atom stereocenters. The summed E-state index contributed by atoms with van der Waals surface area (Å²) in [7, 11) is 1.28. The monoisotopic (exact) mass is 443 g/mol. The number of methoxy groups -OCH3 is 1. The molecule has 1 aliphatic carbocycles. The number of benzene rings is 1. The summed E-state index contributed by atoms with van der Waals surface area (Å²) in [6, 6.07) is 7.63. The van der Waals surface area contributed by atoms with E-state index in [2.05, 4.69) is 0 Å². The van der Waals surface area contributed by atoms with Gasteiger partial charge in [-0.2, -0.15) is 0 Å². The fourth-order valence-corrected chi connectivity index (χ4v) is 4.89. The van der Waals surface area contributed by atoms with Gasteiger partial charge in [0.2, 0.25) is 0 Å². The number of rotatable bonds is 5. The quantitative estimate of drug-likeness (QED) is 0.646. The van der Waals surface area contributed by atoms with Crippen LogP contribution in [0.15, 0.2) is 42.5 Å². The van der Waals surface area contributed by atoms with E-state index in [9.17, 15) is 14.4 Å². The molecule has 4 rings (SSSR count). The first-order chi connectivity index (χ1) is 15.4. The molecule has 0 radical (unpaired) electrons. The SMILES string of the molecule is COC(=O)[C@@H]1C[C@@]2(OC3CCCCO3)C=CC(=O)[C@H](C)[C@H]2N1C(=O)OCc1ccccc1. The summed E-state index contributed by atoms with van der Waals surface area (Å²) < 4.78 is 22.7. The molecule has 3 aliphatic rings. The highest BCUT2D eigenvalue weighted by molar-refractivity contribution is 5.95. The van der Waals surface area contributed by atoms with Crippen LogP contribution in [0.2, 0.25) is 0 Å². The van der Waals surface area contributed by atoms with Gasteiger partial charge in [-0.05, 0) is 37.0 Å². The van der Waals surface area contributed by atoms with Crippen molar-refractivity contribution in [1.29, 1.82) is 0 Å². The largest absolute Gasteiger partial charge is 0.467 e. The van der Waals surface area contributed by atoms with Crippen LogP contribution in [0.4, 0.5) is 4.79 Å². The standard InChI is InChI=1S/C24H29NO7/c1-16-19(26)11-12-24(32-20-10-6-7-13-30-20)14-18(22(27)29-2)25(21(16)24)23(28)31-15-17-8-4-3-5-9-17/h3-5,8-9,11-12,16,18,20-21H,6-7,10,13-15H2,1-2H3/t16-,18-,20?,21+,24-/m0/s1. The molecule has 0 saturated carbocycles.